The van der Waals surface area contributed by atoms with Crippen LogP contribution in [0.4, 0.5) is 11.6 Å². The van der Waals surface area contributed by atoms with Gasteiger partial charge in [-0.2, -0.15) is 0 Å². The van der Waals surface area contributed by atoms with E-state index in [1.165, 1.54) is 13.4 Å². The van der Waals surface area contributed by atoms with Crippen LogP contribution >= 0.6 is 0 Å². The van der Waals surface area contributed by atoms with Gasteiger partial charge in [-0.25, -0.2) is 9.97 Å². The highest BCUT2D eigenvalue weighted by Gasteiger charge is 2.08. The number of anilines is 2. The highest BCUT2D eigenvalue weighted by atomic mass is 16.5. The van der Waals surface area contributed by atoms with Crippen molar-refractivity contribution in [3.63, 3.8) is 0 Å². The van der Waals surface area contributed by atoms with Gasteiger partial charge in [0.15, 0.2) is 11.6 Å². The Hall–Kier alpha value is -2.05. The van der Waals surface area contributed by atoms with Crippen LogP contribution in [0.15, 0.2) is 6.33 Å². The third-order valence-electron chi connectivity index (χ3n) is 2.18. The standard InChI is InChI=1S/C10H17N5O2/c1-17-8-9(12)14-6-15-10(8)13-5-3-2-4-7(11)16/h6H,2-5H2,1H3,(H2,11,16)(H3,12,13,14,15). The first kappa shape index (κ1) is 13.0. The molecule has 0 saturated heterocycles. The third kappa shape index (κ3) is 4.13. The minimum absolute atomic E-state index is 0.283. The molecule has 0 fully saturated rings. The third-order valence-corrected chi connectivity index (χ3v) is 2.18. The Labute approximate surface area is 99.6 Å². The number of carbonyl (C=O) groups is 1. The number of primary amides is 1. The fourth-order valence-electron chi connectivity index (χ4n) is 1.35. The Bertz CT molecular complexity index is 383. The molecule has 7 nitrogen and oxygen atoms in total. The number of aromatic nitrogens is 2. The van der Waals surface area contributed by atoms with Gasteiger partial charge in [0.2, 0.25) is 11.7 Å². The molecule has 0 atom stereocenters. The molecule has 1 amide bonds. The van der Waals surface area contributed by atoms with Crippen LogP contribution in [0.1, 0.15) is 19.3 Å². The van der Waals surface area contributed by atoms with E-state index in [1.807, 2.05) is 0 Å². The van der Waals surface area contributed by atoms with E-state index >= 15 is 0 Å². The Kier molecular flexibility index (Phi) is 4.99. The number of nitrogens with two attached hydrogens (primary N) is 2. The summed E-state index contributed by atoms with van der Waals surface area (Å²) in [4.78, 5) is 18.4. The van der Waals surface area contributed by atoms with Crippen molar-refractivity contribution < 1.29 is 9.53 Å². The van der Waals surface area contributed by atoms with E-state index in [9.17, 15) is 4.79 Å². The molecule has 1 rings (SSSR count). The summed E-state index contributed by atoms with van der Waals surface area (Å²) in [5.74, 6) is 0.998. The molecule has 7 heteroatoms. The molecular weight excluding hydrogens is 222 g/mol. The summed E-state index contributed by atoms with van der Waals surface area (Å²) in [5.41, 5.74) is 10.7. The van der Waals surface area contributed by atoms with Crippen LogP contribution in [0, 0.1) is 0 Å². The highest BCUT2D eigenvalue weighted by molar-refractivity contribution is 5.73. The predicted octanol–water partition coefficient (Wildman–Crippen LogP) is 0.135. The van der Waals surface area contributed by atoms with Crippen molar-refractivity contribution in [1.82, 2.24) is 9.97 Å². The molecular formula is C10H17N5O2. The maximum Gasteiger partial charge on any atom is 0.217 e. The van der Waals surface area contributed by atoms with Crippen molar-refractivity contribution in [2.45, 2.75) is 19.3 Å². The van der Waals surface area contributed by atoms with E-state index in [0.717, 1.165) is 12.8 Å². The fourth-order valence-corrected chi connectivity index (χ4v) is 1.35. The minimum atomic E-state index is -0.283. The monoisotopic (exact) mass is 239 g/mol. The molecule has 5 N–H and O–H groups in total. The molecule has 17 heavy (non-hydrogen) atoms. The first-order chi connectivity index (χ1) is 8.15. The smallest absolute Gasteiger partial charge is 0.217 e. The van der Waals surface area contributed by atoms with Gasteiger partial charge in [0.25, 0.3) is 0 Å². The number of nitrogen functional groups attached to an aromatic ring is 1. The Morgan fingerprint density at radius 2 is 2.24 bits per heavy atom. The minimum Gasteiger partial charge on any atom is -0.490 e. The Morgan fingerprint density at radius 1 is 1.47 bits per heavy atom. The highest BCUT2D eigenvalue weighted by Crippen LogP contribution is 2.25. The van der Waals surface area contributed by atoms with Crippen molar-refractivity contribution in [2.75, 3.05) is 24.7 Å². The molecule has 0 unspecified atom stereocenters. The summed E-state index contributed by atoms with van der Waals surface area (Å²) in [7, 11) is 1.51. The number of hydrogen-bond acceptors (Lipinski definition) is 6. The maximum absolute atomic E-state index is 10.5. The van der Waals surface area contributed by atoms with E-state index < -0.39 is 0 Å². The first-order valence-corrected chi connectivity index (χ1v) is 5.31. The molecule has 1 aromatic heterocycles. The zero-order valence-corrected chi connectivity index (χ0v) is 9.77. The second-order valence-electron chi connectivity index (χ2n) is 3.49. The second kappa shape index (κ2) is 6.51. The molecule has 1 heterocycles. The van der Waals surface area contributed by atoms with Crippen molar-refractivity contribution in [3.8, 4) is 5.75 Å². The SMILES string of the molecule is COc1c(N)ncnc1NCCCCC(N)=O. The van der Waals surface area contributed by atoms with Gasteiger partial charge >= 0.3 is 0 Å². The maximum atomic E-state index is 10.5. The predicted molar refractivity (Wildman–Crippen MR) is 64.5 cm³/mol. The molecule has 0 bridgehead atoms. The summed E-state index contributed by atoms with van der Waals surface area (Å²) in [6.07, 6.45) is 3.32. The van der Waals surface area contributed by atoms with Crippen LogP contribution in [0.3, 0.4) is 0 Å². The second-order valence-corrected chi connectivity index (χ2v) is 3.49. The van der Waals surface area contributed by atoms with Crippen molar-refractivity contribution in [3.05, 3.63) is 6.33 Å². The van der Waals surface area contributed by atoms with Gasteiger partial charge < -0.3 is 21.5 Å². The van der Waals surface area contributed by atoms with Gasteiger partial charge in [0.1, 0.15) is 6.33 Å². The number of nitrogens with zero attached hydrogens (tertiary/aromatic N) is 2. The molecule has 0 aliphatic carbocycles. The fraction of sp³-hybridized carbons (Fsp3) is 0.500. The summed E-state index contributed by atoms with van der Waals surface area (Å²) < 4.78 is 5.08. The molecule has 0 radical (unpaired) electrons. The van der Waals surface area contributed by atoms with Crippen LogP contribution in [0.25, 0.3) is 0 Å². The van der Waals surface area contributed by atoms with E-state index in [4.69, 9.17) is 16.2 Å². The number of ether oxygens (including phenoxy) is 1. The largest absolute Gasteiger partial charge is 0.490 e. The first-order valence-electron chi connectivity index (χ1n) is 5.31. The van der Waals surface area contributed by atoms with Crippen molar-refractivity contribution in [2.24, 2.45) is 5.73 Å². The average Bonchev–Trinajstić information content (AvgIpc) is 2.28. The zero-order valence-electron chi connectivity index (χ0n) is 9.77. The van der Waals surface area contributed by atoms with Gasteiger partial charge in [-0.05, 0) is 12.8 Å². The Balaban J connectivity index is 2.41. The lowest BCUT2D eigenvalue weighted by Gasteiger charge is -2.10. The number of methoxy groups -OCH3 is 1. The number of rotatable bonds is 7. The number of amides is 1. The van der Waals surface area contributed by atoms with Crippen molar-refractivity contribution in [1.29, 1.82) is 0 Å². The number of nitrogens with one attached hydrogen (secondary N) is 1. The van der Waals surface area contributed by atoms with Gasteiger partial charge in [-0.3, -0.25) is 4.79 Å². The lowest BCUT2D eigenvalue weighted by Crippen LogP contribution is -2.11. The topological polar surface area (TPSA) is 116 Å². The quantitative estimate of drug-likeness (QED) is 0.582. The van der Waals surface area contributed by atoms with E-state index in [-0.39, 0.29) is 5.91 Å². The van der Waals surface area contributed by atoms with Crippen LogP contribution in [0.5, 0.6) is 5.75 Å². The number of unbranched alkanes of at least 4 members (excludes halogenated alkanes) is 1. The number of hydrogen-bond donors (Lipinski definition) is 3. The molecule has 0 spiro atoms. The van der Waals surface area contributed by atoms with E-state index in [1.54, 1.807) is 0 Å². The van der Waals surface area contributed by atoms with E-state index in [2.05, 4.69) is 15.3 Å². The number of carbonyl (C=O) groups excluding carboxylic acids is 1. The molecule has 0 aliphatic rings. The molecule has 1 aromatic rings. The van der Waals surface area contributed by atoms with Crippen LogP contribution < -0.4 is 21.5 Å². The van der Waals surface area contributed by atoms with Crippen LogP contribution in [-0.2, 0) is 4.79 Å². The van der Waals surface area contributed by atoms with Crippen LogP contribution in [-0.4, -0.2) is 29.5 Å². The lowest BCUT2D eigenvalue weighted by atomic mass is 10.2. The van der Waals surface area contributed by atoms with Crippen LogP contribution in [0.2, 0.25) is 0 Å². The van der Waals surface area contributed by atoms with E-state index in [0.29, 0.717) is 30.4 Å². The summed E-state index contributed by atoms with van der Waals surface area (Å²) in [6.45, 7) is 0.667. The van der Waals surface area contributed by atoms with Crippen molar-refractivity contribution >= 4 is 17.5 Å². The molecule has 0 saturated carbocycles. The molecule has 0 aromatic carbocycles. The molecule has 0 aliphatic heterocycles. The average molecular weight is 239 g/mol. The van der Waals surface area contributed by atoms with Gasteiger partial charge in [-0.15, -0.1) is 0 Å². The molecule has 94 valence electrons. The van der Waals surface area contributed by atoms with Gasteiger partial charge in [-0.1, -0.05) is 0 Å². The lowest BCUT2D eigenvalue weighted by molar-refractivity contribution is -0.118. The Morgan fingerprint density at radius 3 is 2.88 bits per heavy atom. The summed E-state index contributed by atoms with van der Waals surface area (Å²) >= 11 is 0. The summed E-state index contributed by atoms with van der Waals surface area (Å²) in [5, 5.41) is 3.07. The summed E-state index contributed by atoms with van der Waals surface area (Å²) in [6, 6.07) is 0. The normalized spacial score (nSPS) is 9.94. The van der Waals surface area contributed by atoms with Gasteiger partial charge in [0.05, 0.1) is 7.11 Å². The zero-order chi connectivity index (χ0) is 12.7. The van der Waals surface area contributed by atoms with Gasteiger partial charge in [0, 0.05) is 13.0 Å².